The van der Waals surface area contributed by atoms with E-state index in [-0.39, 0.29) is 11.7 Å². The van der Waals surface area contributed by atoms with E-state index in [1.54, 1.807) is 37.3 Å². The van der Waals surface area contributed by atoms with E-state index in [1.807, 2.05) is 17.9 Å². The Balaban J connectivity index is 1.80. The molecule has 0 aliphatic carbocycles. The zero-order chi connectivity index (χ0) is 19.6. The van der Waals surface area contributed by atoms with Crippen molar-refractivity contribution in [2.45, 2.75) is 44.3 Å². The number of benzene rings is 1. The Morgan fingerprint density at radius 2 is 1.85 bits per heavy atom. The van der Waals surface area contributed by atoms with E-state index in [9.17, 15) is 13.2 Å². The van der Waals surface area contributed by atoms with Gasteiger partial charge < -0.3 is 4.90 Å². The van der Waals surface area contributed by atoms with Gasteiger partial charge in [0.25, 0.3) is 5.91 Å². The van der Waals surface area contributed by atoms with Gasteiger partial charge in [0.1, 0.15) is 5.69 Å². The van der Waals surface area contributed by atoms with Gasteiger partial charge in [-0.15, -0.1) is 0 Å². The minimum atomic E-state index is -3.52. The number of nitrogens with zero attached hydrogens (tertiary/aromatic N) is 2. The first-order valence-electron chi connectivity index (χ1n) is 9.31. The fourth-order valence-electron chi connectivity index (χ4n) is 3.47. The first-order valence-corrected chi connectivity index (χ1v) is 11.0. The second kappa shape index (κ2) is 7.80. The number of carbonyl (C=O) groups excluding carboxylic acids is 1. The summed E-state index contributed by atoms with van der Waals surface area (Å²) in [6.07, 6.45) is 1.99. The fraction of sp³-hybridized carbons (Fsp3) is 0.429. The van der Waals surface area contributed by atoms with Crippen LogP contribution in [0.4, 0.5) is 0 Å². The highest BCUT2D eigenvalue weighted by Crippen LogP contribution is 2.22. The number of likely N-dealkylation sites (tertiary alicyclic amines) is 1. The number of sulfone groups is 1. The summed E-state index contributed by atoms with van der Waals surface area (Å²) in [5.41, 5.74) is 2.46. The molecule has 5 nitrogen and oxygen atoms in total. The Labute approximate surface area is 161 Å². The van der Waals surface area contributed by atoms with Crippen molar-refractivity contribution >= 4 is 15.7 Å². The molecule has 0 N–H and O–H groups in total. The first kappa shape index (κ1) is 19.5. The van der Waals surface area contributed by atoms with Crippen LogP contribution in [0.25, 0.3) is 0 Å². The number of aryl methyl sites for hydroxylation is 2. The van der Waals surface area contributed by atoms with Crippen molar-refractivity contribution in [1.29, 1.82) is 0 Å². The van der Waals surface area contributed by atoms with E-state index in [4.69, 9.17) is 0 Å². The molecular formula is C21H26N2O3S. The summed E-state index contributed by atoms with van der Waals surface area (Å²) in [6.45, 7) is 7.38. The molecule has 3 rings (SSSR count). The fourth-order valence-corrected chi connectivity index (χ4v) is 5.00. The quantitative estimate of drug-likeness (QED) is 0.806. The average molecular weight is 387 g/mol. The Morgan fingerprint density at radius 3 is 2.52 bits per heavy atom. The lowest BCUT2D eigenvalue weighted by Crippen LogP contribution is -2.38. The number of hydrogen-bond acceptors (Lipinski definition) is 4. The van der Waals surface area contributed by atoms with Crippen LogP contribution in [0.1, 0.15) is 47.1 Å². The number of amides is 1. The number of hydrogen-bond donors (Lipinski definition) is 0. The maximum atomic E-state index is 12.8. The smallest absolute Gasteiger partial charge is 0.272 e. The summed E-state index contributed by atoms with van der Waals surface area (Å²) in [4.78, 5) is 19.2. The van der Waals surface area contributed by atoms with Gasteiger partial charge in [0, 0.05) is 13.1 Å². The van der Waals surface area contributed by atoms with Gasteiger partial charge in [-0.3, -0.25) is 4.79 Å². The number of pyridine rings is 1. The molecule has 2 aromatic rings. The monoisotopic (exact) mass is 386 g/mol. The van der Waals surface area contributed by atoms with Crippen molar-refractivity contribution in [3.63, 3.8) is 0 Å². The third-order valence-electron chi connectivity index (χ3n) is 5.10. The summed E-state index contributed by atoms with van der Waals surface area (Å²) >= 11 is 0. The van der Waals surface area contributed by atoms with Gasteiger partial charge in [0.2, 0.25) is 0 Å². The molecule has 0 radical (unpaired) electrons. The third-order valence-corrected chi connectivity index (χ3v) is 6.90. The lowest BCUT2D eigenvalue weighted by molar-refractivity contribution is 0.0691. The first-order chi connectivity index (χ1) is 12.8. The van der Waals surface area contributed by atoms with Crippen LogP contribution in [0, 0.1) is 19.8 Å². The van der Waals surface area contributed by atoms with Crippen LogP contribution >= 0.6 is 0 Å². The van der Waals surface area contributed by atoms with Gasteiger partial charge >= 0.3 is 0 Å². The molecular weight excluding hydrogens is 360 g/mol. The number of rotatable bonds is 4. The number of piperidine rings is 1. The van der Waals surface area contributed by atoms with Crippen LogP contribution in [0.15, 0.2) is 41.3 Å². The minimum Gasteiger partial charge on any atom is -0.337 e. The van der Waals surface area contributed by atoms with Crippen molar-refractivity contribution in [2.75, 3.05) is 13.1 Å². The van der Waals surface area contributed by atoms with Crippen molar-refractivity contribution in [3.05, 3.63) is 58.9 Å². The van der Waals surface area contributed by atoms with Gasteiger partial charge in [-0.25, -0.2) is 13.4 Å². The molecule has 1 aliphatic heterocycles. The molecule has 0 spiro atoms. The van der Waals surface area contributed by atoms with Crippen LogP contribution in [0.2, 0.25) is 0 Å². The molecule has 6 heteroatoms. The summed E-state index contributed by atoms with van der Waals surface area (Å²) in [6, 6.07) is 10.3. The summed E-state index contributed by atoms with van der Waals surface area (Å²) < 4.78 is 25.6. The zero-order valence-electron chi connectivity index (χ0n) is 16.1. The Hall–Kier alpha value is -2.21. The van der Waals surface area contributed by atoms with Crippen molar-refractivity contribution < 1.29 is 13.2 Å². The van der Waals surface area contributed by atoms with Crippen molar-refractivity contribution in [2.24, 2.45) is 5.92 Å². The Bertz CT molecular complexity index is 946. The van der Waals surface area contributed by atoms with E-state index in [0.29, 0.717) is 22.2 Å². The molecule has 1 amide bonds. The molecule has 0 bridgehead atoms. The minimum absolute atomic E-state index is 0.118. The van der Waals surface area contributed by atoms with E-state index in [2.05, 4.69) is 11.9 Å². The molecule has 1 aromatic heterocycles. The van der Waals surface area contributed by atoms with E-state index in [1.165, 1.54) is 0 Å². The molecule has 1 saturated heterocycles. The van der Waals surface area contributed by atoms with Gasteiger partial charge in [0.15, 0.2) is 9.84 Å². The predicted octanol–water partition coefficient (Wildman–Crippen LogP) is 3.54. The highest BCUT2D eigenvalue weighted by Gasteiger charge is 2.23. The van der Waals surface area contributed by atoms with Crippen molar-refractivity contribution in [1.82, 2.24) is 9.88 Å². The summed E-state index contributed by atoms with van der Waals surface area (Å²) in [5.74, 6) is 0.304. The lowest BCUT2D eigenvalue weighted by Gasteiger charge is -2.30. The largest absolute Gasteiger partial charge is 0.337 e. The molecule has 1 aliphatic rings. The topological polar surface area (TPSA) is 67.3 Å². The van der Waals surface area contributed by atoms with E-state index >= 15 is 0 Å². The molecule has 0 atom stereocenters. The lowest BCUT2D eigenvalue weighted by atomic mass is 9.99. The molecule has 144 valence electrons. The van der Waals surface area contributed by atoms with Gasteiger partial charge in [-0.2, -0.15) is 0 Å². The molecule has 0 unspecified atom stereocenters. The SMILES string of the molecule is Cc1ccc(S(=O)(=O)Cc2cccc(C(=O)N3CCC(C)CC3)n2)c(C)c1. The van der Waals surface area contributed by atoms with Gasteiger partial charge in [-0.1, -0.05) is 30.7 Å². The predicted molar refractivity (Wildman–Crippen MR) is 105 cm³/mol. The summed E-state index contributed by atoms with van der Waals surface area (Å²) in [5, 5.41) is 0. The Morgan fingerprint density at radius 1 is 1.15 bits per heavy atom. The molecule has 0 saturated carbocycles. The third kappa shape index (κ3) is 4.56. The second-order valence-electron chi connectivity index (χ2n) is 7.52. The molecule has 1 fully saturated rings. The number of aromatic nitrogens is 1. The van der Waals surface area contributed by atoms with Crippen LogP contribution < -0.4 is 0 Å². The normalized spacial score (nSPS) is 15.7. The molecule has 2 heterocycles. The number of carbonyl (C=O) groups is 1. The summed E-state index contributed by atoms with van der Waals surface area (Å²) in [7, 11) is -3.52. The van der Waals surface area contributed by atoms with Crippen LogP contribution in [0.5, 0.6) is 0 Å². The highest BCUT2D eigenvalue weighted by molar-refractivity contribution is 7.90. The second-order valence-corrected chi connectivity index (χ2v) is 9.47. The van der Waals surface area contributed by atoms with Crippen molar-refractivity contribution in [3.8, 4) is 0 Å². The maximum Gasteiger partial charge on any atom is 0.272 e. The van der Waals surface area contributed by atoms with Gasteiger partial charge in [0.05, 0.1) is 16.3 Å². The highest BCUT2D eigenvalue weighted by atomic mass is 32.2. The van der Waals surface area contributed by atoms with Crippen LogP contribution in [-0.4, -0.2) is 37.3 Å². The van der Waals surface area contributed by atoms with E-state index < -0.39 is 9.84 Å². The van der Waals surface area contributed by atoms with Gasteiger partial charge in [-0.05, 0) is 56.4 Å². The van der Waals surface area contributed by atoms with E-state index in [0.717, 1.165) is 37.1 Å². The van der Waals surface area contributed by atoms with Crippen LogP contribution in [-0.2, 0) is 15.6 Å². The van der Waals surface area contributed by atoms with Crippen LogP contribution in [0.3, 0.4) is 0 Å². The zero-order valence-corrected chi connectivity index (χ0v) is 16.9. The molecule has 27 heavy (non-hydrogen) atoms. The Kier molecular flexibility index (Phi) is 5.65. The standard InChI is InChI=1S/C21H26N2O3S/c1-15-9-11-23(12-10-15)21(24)19-6-4-5-18(22-19)14-27(25,26)20-8-7-16(2)13-17(20)3/h4-8,13,15H,9-12,14H2,1-3H3. The average Bonchev–Trinajstić information content (AvgIpc) is 2.61. The molecule has 1 aromatic carbocycles. The maximum absolute atomic E-state index is 12.8.